The number of anilines is 1. The molecule has 0 aliphatic heterocycles. The first kappa shape index (κ1) is 15.1. The van der Waals surface area contributed by atoms with Crippen LogP contribution in [0.15, 0.2) is 36.4 Å². The number of methoxy groups -OCH3 is 1. The van der Waals surface area contributed by atoms with Crippen molar-refractivity contribution in [2.75, 3.05) is 12.4 Å². The summed E-state index contributed by atoms with van der Waals surface area (Å²) >= 11 is 5.97. The molecule has 110 valence electrons. The second kappa shape index (κ2) is 6.45. The monoisotopic (exact) mass is 306 g/mol. The van der Waals surface area contributed by atoms with Gasteiger partial charge in [0, 0.05) is 23.2 Å². The zero-order valence-corrected chi connectivity index (χ0v) is 12.5. The van der Waals surface area contributed by atoms with Gasteiger partial charge in [0.15, 0.2) is 0 Å². The van der Waals surface area contributed by atoms with Crippen molar-refractivity contribution in [3.05, 3.63) is 62.7 Å². The normalized spacial score (nSPS) is 10.2. The Bertz CT molecular complexity index is 674. The smallest absolute Gasteiger partial charge is 0.292 e. The molecule has 0 heterocycles. The van der Waals surface area contributed by atoms with Crippen molar-refractivity contribution in [1.29, 1.82) is 0 Å². The SMILES string of the molecule is COc1ccc(Cl)cc1CNc1ccc(C)cc1[N+](=O)[O-]. The van der Waals surface area contributed by atoms with E-state index in [9.17, 15) is 10.1 Å². The largest absolute Gasteiger partial charge is 0.496 e. The molecule has 0 fully saturated rings. The van der Waals surface area contributed by atoms with E-state index in [0.717, 1.165) is 11.1 Å². The Morgan fingerprint density at radius 1 is 1.29 bits per heavy atom. The van der Waals surface area contributed by atoms with Crippen LogP contribution >= 0.6 is 11.6 Å². The zero-order valence-electron chi connectivity index (χ0n) is 11.7. The number of aryl methyl sites for hydroxylation is 1. The molecule has 0 radical (unpaired) electrons. The topological polar surface area (TPSA) is 64.4 Å². The van der Waals surface area contributed by atoms with Gasteiger partial charge in [0.05, 0.1) is 12.0 Å². The van der Waals surface area contributed by atoms with Crippen LogP contribution in [0.2, 0.25) is 5.02 Å². The Labute approximate surface area is 127 Å². The second-order valence-corrected chi connectivity index (χ2v) is 5.02. The van der Waals surface area contributed by atoms with Crippen molar-refractivity contribution in [3.8, 4) is 5.75 Å². The lowest BCUT2D eigenvalue weighted by molar-refractivity contribution is -0.384. The number of hydrogen-bond donors (Lipinski definition) is 1. The Kier molecular flexibility index (Phi) is 4.65. The molecule has 1 N–H and O–H groups in total. The average Bonchev–Trinajstić information content (AvgIpc) is 2.46. The van der Waals surface area contributed by atoms with Crippen LogP contribution in [0.1, 0.15) is 11.1 Å². The first-order chi connectivity index (χ1) is 10.0. The van der Waals surface area contributed by atoms with Crippen molar-refractivity contribution in [1.82, 2.24) is 0 Å². The standard InChI is InChI=1S/C15H15ClN2O3/c1-10-3-5-13(14(7-10)18(19)20)17-9-11-8-12(16)4-6-15(11)21-2/h3-8,17H,9H2,1-2H3. The van der Waals surface area contributed by atoms with Crippen molar-refractivity contribution < 1.29 is 9.66 Å². The van der Waals surface area contributed by atoms with Gasteiger partial charge in [-0.1, -0.05) is 17.7 Å². The molecule has 0 atom stereocenters. The van der Waals surface area contributed by atoms with Gasteiger partial charge < -0.3 is 10.1 Å². The fraction of sp³-hybridized carbons (Fsp3) is 0.200. The number of ether oxygens (including phenoxy) is 1. The summed E-state index contributed by atoms with van der Waals surface area (Å²) in [6, 6.07) is 10.3. The Hall–Kier alpha value is -2.27. The third kappa shape index (κ3) is 3.64. The molecule has 0 aliphatic carbocycles. The summed E-state index contributed by atoms with van der Waals surface area (Å²) in [6.07, 6.45) is 0. The van der Waals surface area contributed by atoms with E-state index < -0.39 is 4.92 Å². The third-order valence-electron chi connectivity index (χ3n) is 3.06. The fourth-order valence-electron chi connectivity index (χ4n) is 2.02. The van der Waals surface area contributed by atoms with Gasteiger partial charge in [-0.05, 0) is 36.8 Å². The fourth-order valence-corrected chi connectivity index (χ4v) is 2.21. The van der Waals surface area contributed by atoms with Crippen LogP contribution in [0.3, 0.4) is 0 Å². The van der Waals surface area contributed by atoms with Gasteiger partial charge in [-0.2, -0.15) is 0 Å². The van der Waals surface area contributed by atoms with Gasteiger partial charge in [0.2, 0.25) is 0 Å². The molecule has 0 amide bonds. The van der Waals surface area contributed by atoms with E-state index in [1.165, 1.54) is 6.07 Å². The average molecular weight is 307 g/mol. The van der Waals surface area contributed by atoms with Crippen molar-refractivity contribution in [2.24, 2.45) is 0 Å². The summed E-state index contributed by atoms with van der Waals surface area (Å²) < 4.78 is 5.25. The molecule has 5 nitrogen and oxygen atoms in total. The summed E-state index contributed by atoms with van der Waals surface area (Å²) in [5.74, 6) is 0.682. The highest BCUT2D eigenvalue weighted by atomic mass is 35.5. The van der Waals surface area contributed by atoms with Crippen LogP contribution in [-0.2, 0) is 6.54 Å². The Morgan fingerprint density at radius 2 is 2.05 bits per heavy atom. The van der Waals surface area contributed by atoms with Gasteiger partial charge in [-0.15, -0.1) is 0 Å². The van der Waals surface area contributed by atoms with Gasteiger partial charge in [0.1, 0.15) is 11.4 Å². The molecule has 0 unspecified atom stereocenters. The molecule has 2 rings (SSSR count). The van der Waals surface area contributed by atoms with E-state index in [2.05, 4.69) is 5.32 Å². The minimum absolute atomic E-state index is 0.0518. The van der Waals surface area contributed by atoms with E-state index >= 15 is 0 Å². The predicted octanol–water partition coefficient (Wildman–Crippen LogP) is 4.18. The molecule has 2 aromatic carbocycles. The Morgan fingerprint density at radius 3 is 2.71 bits per heavy atom. The minimum atomic E-state index is -0.398. The van der Waals surface area contributed by atoms with E-state index in [1.54, 1.807) is 31.4 Å². The van der Waals surface area contributed by atoms with Gasteiger partial charge in [0.25, 0.3) is 5.69 Å². The summed E-state index contributed by atoms with van der Waals surface area (Å²) in [7, 11) is 1.57. The third-order valence-corrected chi connectivity index (χ3v) is 3.30. The van der Waals surface area contributed by atoms with Gasteiger partial charge in [-0.25, -0.2) is 0 Å². The van der Waals surface area contributed by atoms with Crippen molar-refractivity contribution >= 4 is 23.0 Å². The van der Waals surface area contributed by atoms with Crippen LogP contribution in [0.4, 0.5) is 11.4 Å². The summed E-state index contributed by atoms with van der Waals surface area (Å²) in [5.41, 5.74) is 2.19. The molecular weight excluding hydrogens is 292 g/mol. The highest BCUT2D eigenvalue weighted by Gasteiger charge is 2.14. The molecule has 0 saturated carbocycles. The van der Waals surface area contributed by atoms with Crippen LogP contribution in [-0.4, -0.2) is 12.0 Å². The summed E-state index contributed by atoms with van der Waals surface area (Å²) in [4.78, 5) is 10.7. The maximum Gasteiger partial charge on any atom is 0.292 e. The van der Waals surface area contributed by atoms with Gasteiger partial charge in [-0.3, -0.25) is 10.1 Å². The van der Waals surface area contributed by atoms with Gasteiger partial charge >= 0.3 is 0 Å². The molecule has 0 saturated heterocycles. The number of rotatable bonds is 5. The molecule has 6 heteroatoms. The molecular formula is C15H15ClN2O3. The first-order valence-corrected chi connectivity index (χ1v) is 6.70. The molecule has 0 spiro atoms. The van der Waals surface area contributed by atoms with E-state index in [0.29, 0.717) is 23.0 Å². The second-order valence-electron chi connectivity index (χ2n) is 4.59. The van der Waals surface area contributed by atoms with Crippen LogP contribution in [0, 0.1) is 17.0 Å². The molecule has 2 aromatic rings. The lowest BCUT2D eigenvalue weighted by Crippen LogP contribution is -2.04. The van der Waals surface area contributed by atoms with E-state index in [-0.39, 0.29) is 5.69 Å². The maximum atomic E-state index is 11.1. The van der Waals surface area contributed by atoms with Crippen molar-refractivity contribution in [2.45, 2.75) is 13.5 Å². The molecule has 0 aliphatic rings. The number of halogens is 1. The highest BCUT2D eigenvalue weighted by Crippen LogP contribution is 2.28. The molecule has 21 heavy (non-hydrogen) atoms. The summed E-state index contributed by atoms with van der Waals surface area (Å²) in [6.45, 7) is 2.20. The Balaban J connectivity index is 2.24. The number of benzene rings is 2. The highest BCUT2D eigenvalue weighted by molar-refractivity contribution is 6.30. The first-order valence-electron chi connectivity index (χ1n) is 6.32. The summed E-state index contributed by atoms with van der Waals surface area (Å²) in [5, 5.41) is 14.7. The predicted molar refractivity (Wildman–Crippen MR) is 83.2 cm³/mol. The quantitative estimate of drug-likeness (QED) is 0.665. The zero-order chi connectivity index (χ0) is 15.4. The van der Waals surface area contributed by atoms with Crippen LogP contribution < -0.4 is 10.1 Å². The maximum absolute atomic E-state index is 11.1. The lowest BCUT2D eigenvalue weighted by Gasteiger charge is -2.11. The van der Waals surface area contributed by atoms with E-state index in [4.69, 9.17) is 16.3 Å². The number of nitro groups is 1. The minimum Gasteiger partial charge on any atom is -0.496 e. The van der Waals surface area contributed by atoms with Crippen LogP contribution in [0.25, 0.3) is 0 Å². The van der Waals surface area contributed by atoms with Crippen molar-refractivity contribution in [3.63, 3.8) is 0 Å². The number of nitrogens with zero attached hydrogens (tertiary/aromatic N) is 1. The van der Waals surface area contributed by atoms with Crippen LogP contribution in [0.5, 0.6) is 5.75 Å². The molecule has 0 bridgehead atoms. The molecule has 0 aromatic heterocycles. The lowest BCUT2D eigenvalue weighted by atomic mass is 10.1. The number of hydrogen-bond acceptors (Lipinski definition) is 4. The van der Waals surface area contributed by atoms with E-state index in [1.807, 2.05) is 13.0 Å². The number of nitrogens with one attached hydrogen (secondary N) is 1. The number of nitro benzene ring substituents is 1.